The maximum Gasteiger partial charge on any atom is 0.413 e. The predicted molar refractivity (Wildman–Crippen MR) is 144 cm³/mol. The number of aromatic nitrogens is 1. The van der Waals surface area contributed by atoms with Gasteiger partial charge in [-0.3, -0.25) is 19.9 Å². The number of aromatic amines is 1. The molecular formula is C29H26N2O5S. The lowest BCUT2D eigenvalue weighted by Gasteiger charge is -2.16. The van der Waals surface area contributed by atoms with E-state index in [9.17, 15) is 19.5 Å². The predicted octanol–water partition coefficient (Wildman–Crippen LogP) is 6.50. The number of ether oxygens (including phenoxy) is 1. The number of carbonyl (C=O) groups excluding carboxylic acids is 1. The number of carboxylic acids is 1. The molecule has 1 aromatic heterocycles. The van der Waals surface area contributed by atoms with Crippen LogP contribution in [0, 0.1) is 6.92 Å². The SMILES string of the molecule is Cc1ccccc1C(C)OC(=O)Nc1[nH]c(=O)sc1-c1ccc(-c2ccc(C3(C(=O)O)CC3)cc2)cc1. The molecule has 0 spiro atoms. The van der Waals surface area contributed by atoms with Gasteiger partial charge in [0.2, 0.25) is 0 Å². The Balaban J connectivity index is 1.31. The lowest BCUT2D eigenvalue weighted by Crippen LogP contribution is -2.19. The first-order chi connectivity index (χ1) is 17.8. The molecule has 1 unspecified atom stereocenters. The summed E-state index contributed by atoms with van der Waals surface area (Å²) in [5.41, 5.74) is 4.73. The second kappa shape index (κ2) is 9.71. The van der Waals surface area contributed by atoms with Crippen LogP contribution >= 0.6 is 11.3 Å². The number of benzene rings is 3. The highest BCUT2D eigenvalue weighted by molar-refractivity contribution is 7.13. The molecular weight excluding hydrogens is 488 g/mol. The number of hydrogen-bond donors (Lipinski definition) is 3. The van der Waals surface area contributed by atoms with E-state index in [2.05, 4.69) is 10.3 Å². The maximum absolute atomic E-state index is 12.6. The fraction of sp³-hybridized carbons (Fsp3) is 0.207. The van der Waals surface area contributed by atoms with Crippen molar-refractivity contribution in [3.05, 3.63) is 99.2 Å². The van der Waals surface area contributed by atoms with Gasteiger partial charge in [0.25, 0.3) is 0 Å². The summed E-state index contributed by atoms with van der Waals surface area (Å²) in [6, 6.07) is 23.0. The van der Waals surface area contributed by atoms with Gasteiger partial charge in [0.05, 0.1) is 10.3 Å². The standard InChI is InChI=1S/C29H26N2O5S/c1-17-5-3-4-6-23(17)18(2)36-27(34)30-25-24(37-28(35)31-25)21-9-7-19(8-10-21)20-11-13-22(14-12-20)29(15-16-29)26(32)33/h3-14,18H,15-16H2,1-2H3,(H,30,34)(H,31,35)(H,32,33). The smallest absolute Gasteiger partial charge is 0.413 e. The van der Waals surface area contributed by atoms with E-state index < -0.39 is 23.6 Å². The summed E-state index contributed by atoms with van der Waals surface area (Å²) in [6.07, 6.45) is 0.235. The monoisotopic (exact) mass is 514 g/mol. The average molecular weight is 515 g/mol. The van der Waals surface area contributed by atoms with Crippen molar-refractivity contribution in [1.82, 2.24) is 4.98 Å². The van der Waals surface area contributed by atoms with E-state index in [0.29, 0.717) is 17.7 Å². The highest BCUT2D eigenvalue weighted by Crippen LogP contribution is 2.48. The molecule has 1 saturated carbocycles. The molecule has 3 aromatic carbocycles. The van der Waals surface area contributed by atoms with Crippen LogP contribution in [0.15, 0.2) is 77.6 Å². The van der Waals surface area contributed by atoms with Gasteiger partial charge in [0.15, 0.2) is 0 Å². The van der Waals surface area contributed by atoms with E-state index in [1.54, 1.807) is 6.92 Å². The Morgan fingerprint density at radius 2 is 1.57 bits per heavy atom. The number of thiazole rings is 1. The Morgan fingerprint density at radius 3 is 2.16 bits per heavy atom. The van der Waals surface area contributed by atoms with E-state index in [1.165, 1.54) is 0 Å². The molecule has 0 bridgehead atoms. The van der Waals surface area contributed by atoms with Crippen LogP contribution in [0.5, 0.6) is 0 Å². The molecule has 1 fully saturated rings. The summed E-state index contributed by atoms with van der Waals surface area (Å²) in [4.78, 5) is 39.3. The minimum atomic E-state index is -0.770. The van der Waals surface area contributed by atoms with E-state index in [4.69, 9.17) is 4.74 Å². The topological polar surface area (TPSA) is 108 Å². The van der Waals surface area contributed by atoms with Crippen LogP contribution < -0.4 is 10.2 Å². The molecule has 4 aromatic rings. The molecule has 7 nitrogen and oxygen atoms in total. The first-order valence-corrected chi connectivity index (χ1v) is 12.8. The number of nitrogens with one attached hydrogen (secondary N) is 2. The van der Waals surface area contributed by atoms with Gasteiger partial charge in [-0.15, -0.1) is 0 Å². The van der Waals surface area contributed by atoms with Gasteiger partial charge in [-0.05, 0) is 60.1 Å². The Morgan fingerprint density at radius 1 is 0.973 bits per heavy atom. The molecule has 0 aliphatic heterocycles. The molecule has 5 rings (SSSR count). The number of carboxylic acid groups (broad SMARTS) is 1. The highest BCUT2D eigenvalue weighted by Gasteiger charge is 2.51. The minimum absolute atomic E-state index is 0.288. The van der Waals surface area contributed by atoms with Crippen molar-refractivity contribution in [2.45, 2.75) is 38.2 Å². The van der Waals surface area contributed by atoms with Gasteiger partial charge in [0.1, 0.15) is 11.9 Å². The summed E-state index contributed by atoms with van der Waals surface area (Å²) in [5.74, 6) is -0.481. The first-order valence-electron chi connectivity index (χ1n) is 12.0. The van der Waals surface area contributed by atoms with Crippen LogP contribution in [-0.2, 0) is 14.9 Å². The number of aliphatic carboxylic acids is 1. The third kappa shape index (κ3) is 4.93. The zero-order valence-corrected chi connectivity index (χ0v) is 21.2. The van der Waals surface area contributed by atoms with Crippen molar-refractivity contribution in [2.75, 3.05) is 5.32 Å². The van der Waals surface area contributed by atoms with E-state index in [-0.39, 0.29) is 10.7 Å². The number of H-pyrrole nitrogens is 1. The van der Waals surface area contributed by atoms with Crippen LogP contribution in [0.25, 0.3) is 21.6 Å². The fourth-order valence-electron chi connectivity index (χ4n) is 4.56. The lowest BCUT2D eigenvalue weighted by molar-refractivity contribution is -0.140. The van der Waals surface area contributed by atoms with Crippen molar-refractivity contribution in [3.63, 3.8) is 0 Å². The van der Waals surface area contributed by atoms with Gasteiger partial charge in [-0.2, -0.15) is 0 Å². The Bertz CT molecular complexity index is 1520. The van der Waals surface area contributed by atoms with Crippen LogP contribution in [0.1, 0.15) is 42.6 Å². The van der Waals surface area contributed by atoms with Crippen molar-refractivity contribution in [1.29, 1.82) is 0 Å². The highest BCUT2D eigenvalue weighted by atomic mass is 32.1. The molecule has 1 amide bonds. The molecule has 0 radical (unpaired) electrons. The molecule has 8 heteroatoms. The Hall–Kier alpha value is -4.17. The van der Waals surface area contributed by atoms with Gasteiger partial charge in [-0.1, -0.05) is 84.1 Å². The van der Waals surface area contributed by atoms with Crippen molar-refractivity contribution >= 4 is 29.2 Å². The van der Waals surface area contributed by atoms with Crippen molar-refractivity contribution in [2.24, 2.45) is 0 Å². The van der Waals surface area contributed by atoms with Gasteiger partial charge < -0.3 is 9.84 Å². The minimum Gasteiger partial charge on any atom is -0.481 e. The molecule has 1 aliphatic carbocycles. The summed E-state index contributed by atoms with van der Waals surface area (Å²) >= 11 is 1.01. The van der Waals surface area contributed by atoms with E-state index >= 15 is 0 Å². The molecule has 37 heavy (non-hydrogen) atoms. The largest absolute Gasteiger partial charge is 0.481 e. The number of hydrogen-bond acceptors (Lipinski definition) is 5. The summed E-state index contributed by atoms with van der Waals surface area (Å²) in [7, 11) is 0. The number of anilines is 1. The third-order valence-electron chi connectivity index (χ3n) is 6.86. The zero-order chi connectivity index (χ0) is 26.2. The fourth-order valence-corrected chi connectivity index (χ4v) is 5.36. The van der Waals surface area contributed by atoms with Gasteiger partial charge in [-0.25, -0.2) is 4.79 Å². The Kier molecular flexibility index (Phi) is 6.43. The second-order valence-corrected chi connectivity index (χ2v) is 10.3. The lowest BCUT2D eigenvalue weighted by atomic mass is 9.93. The Labute approximate surface area is 217 Å². The summed E-state index contributed by atoms with van der Waals surface area (Å²) < 4.78 is 5.55. The van der Waals surface area contributed by atoms with Crippen molar-refractivity contribution in [3.8, 4) is 21.6 Å². The van der Waals surface area contributed by atoms with Crippen LogP contribution in [0.2, 0.25) is 0 Å². The van der Waals surface area contributed by atoms with Crippen LogP contribution in [0.3, 0.4) is 0 Å². The van der Waals surface area contributed by atoms with E-state index in [1.807, 2.05) is 79.7 Å². The number of rotatable bonds is 7. The van der Waals surface area contributed by atoms with E-state index in [0.717, 1.165) is 44.7 Å². The third-order valence-corrected chi connectivity index (χ3v) is 7.79. The maximum atomic E-state index is 12.6. The molecule has 1 atom stereocenters. The summed E-state index contributed by atoms with van der Waals surface area (Å²) in [6.45, 7) is 3.76. The normalized spacial score (nSPS) is 14.5. The van der Waals surface area contributed by atoms with Crippen LogP contribution in [-0.4, -0.2) is 22.2 Å². The van der Waals surface area contributed by atoms with Crippen LogP contribution in [0.4, 0.5) is 10.6 Å². The molecule has 3 N–H and O–H groups in total. The van der Waals surface area contributed by atoms with Gasteiger partial charge >= 0.3 is 16.9 Å². The first kappa shape index (κ1) is 24.5. The molecule has 0 saturated heterocycles. The molecule has 188 valence electrons. The van der Waals surface area contributed by atoms with Crippen molar-refractivity contribution < 1.29 is 19.4 Å². The number of amides is 1. The number of carbonyl (C=O) groups is 2. The number of aryl methyl sites for hydroxylation is 1. The average Bonchev–Trinajstić information content (AvgIpc) is 3.62. The second-order valence-electron chi connectivity index (χ2n) is 9.29. The summed E-state index contributed by atoms with van der Waals surface area (Å²) in [5, 5.41) is 12.2. The zero-order valence-electron chi connectivity index (χ0n) is 20.4. The quantitative estimate of drug-likeness (QED) is 0.261. The molecule has 1 aliphatic rings. The van der Waals surface area contributed by atoms with Gasteiger partial charge in [0, 0.05) is 0 Å². The molecule has 1 heterocycles.